The summed E-state index contributed by atoms with van der Waals surface area (Å²) < 4.78 is 2.23. The molecule has 1 fully saturated rings. The Labute approximate surface area is 94.7 Å². The summed E-state index contributed by atoms with van der Waals surface area (Å²) in [6.45, 7) is 12.2. The van der Waals surface area contributed by atoms with Crippen LogP contribution in [0.25, 0.3) is 0 Å². The summed E-state index contributed by atoms with van der Waals surface area (Å²) in [5.41, 5.74) is 2.50. The molecule has 1 aliphatic carbocycles. The molecule has 0 aliphatic heterocycles. The fourth-order valence-electron chi connectivity index (χ4n) is 1.45. The van der Waals surface area contributed by atoms with Crippen LogP contribution >= 0.6 is 0 Å². The van der Waals surface area contributed by atoms with Gasteiger partial charge in [0.15, 0.2) is 0 Å². The molecule has 0 unspecified atom stereocenters. The highest BCUT2D eigenvalue weighted by atomic mass is 15.1. The van der Waals surface area contributed by atoms with Crippen molar-refractivity contribution in [2.24, 2.45) is 7.05 Å². The van der Waals surface area contributed by atoms with Crippen LogP contribution in [0.4, 0.5) is 0 Å². The van der Waals surface area contributed by atoms with Gasteiger partial charge in [-0.15, -0.1) is 0 Å². The largest absolute Gasteiger partial charge is 0.335 e. The van der Waals surface area contributed by atoms with E-state index in [0.29, 0.717) is 0 Å². The summed E-state index contributed by atoms with van der Waals surface area (Å²) >= 11 is 0. The number of hydrogen-bond donors (Lipinski definition) is 0. The minimum absolute atomic E-state index is 0.771. The summed E-state index contributed by atoms with van der Waals surface area (Å²) in [6, 6.07) is 0. The lowest BCUT2D eigenvalue weighted by molar-refractivity contribution is 0.778. The van der Waals surface area contributed by atoms with Crippen LogP contribution in [0.15, 0.2) is 0 Å². The van der Waals surface area contributed by atoms with E-state index in [0.717, 1.165) is 5.92 Å². The number of nitrogens with zero attached hydrogens (tertiary/aromatic N) is 2. The number of aryl methyl sites for hydroxylation is 1. The maximum atomic E-state index is 4.53. The van der Waals surface area contributed by atoms with Gasteiger partial charge in [0, 0.05) is 18.7 Å². The van der Waals surface area contributed by atoms with E-state index in [-0.39, 0.29) is 0 Å². The Morgan fingerprint density at radius 3 is 1.80 bits per heavy atom. The average molecular weight is 210 g/mol. The van der Waals surface area contributed by atoms with Crippen LogP contribution in [0.1, 0.15) is 63.7 Å². The Morgan fingerprint density at radius 2 is 1.53 bits per heavy atom. The molecule has 1 aliphatic rings. The van der Waals surface area contributed by atoms with Gasteiger partial charge in [-0.2, -0.15) is 0 Å². The zero-order chi connectivity index (χ0) is 12.0. The van der Waals surface area contributed by atoms with Gasteiger partial charge < -0.3 is 4.57 Å². The van der Waals surface area contributed by atoms with Gasteiger partial charge in [-0.25, -0.2) is 4.98 Å². The van der Waals surface area contributed by atoms with Crippen molar-refractivity contribution in [2.75, 3.05) is 0 Å². The summed E-state index contributed by atoms with van der Waals surface area (Å²) in [5, 5.41) is 0. The molecule has 0 saturated heterocycles. The predicted octanol–water partition coefficient (Wildman–Crippen LogP) is 3.97. The molecule has 2 nitrogen and oxygen atoms in total. The molecule has 0 atom stereocenters. The molecule has 0 N–H and O–H groups in total. The molecule has 1 aromatic heterocycles. The van der Waals surface area contributed by atoms with Gasteiger partial charge >= 0.3 is 0 Å². The molecule has 0 radical (unpaired) electrons. The zero-order valence-electron chi connectivity index (χ0n) is 11.4. The topological polar surface area (TPSA) is 17.8 Å². The number of aromatic nitrogens is 2. The van der Waals surface area contributed by atoms with E-state index in [1.165, 1.54) is 30.1 Å². The van der Waals surface area contributed by atoms with E-state index in [1.54, 1.807) is 0 Å². The normalized spacial score (nSPS) is 13.5. The third-order valence-electron chi connectivity index (χ3n) is 2.60. The molecule has 1 aromatic rings. The molecule has 0 amide bonds. The van der Waals surface area contributed by atoms with Gasteiger partial charge in [0.2, 0.25) is 0 Å². The Kier molecular flexibility index (Phi) is 6.30. The molecule has 15 heavy (non-hydrogen) atoms. The molecule has 1 heterocycles. The van der Waals surface area contributed by atoms with Crippen molar-refractivity contribution in [1.82, 2.24) is 9.55 Å². The molecular formula is C13H26N2. The number of hydrogen-bond acceptors (Lipinski definition) is 1. The van der Waals surface area contributed by atoms with Crippen LogP contribution in [-0.4, -0.2) is 9.55 Å². The van der Waals surface area contributed by atoms with Crippen molar-refractivity contribution in [2.45, 2.75) is 60.3 Å². The van der Waals surface area contributed by atoms with Crippen molar-refractivity contribution in [3.63, 3.8) is 0 Å². The summed E-state index contributed by atoms with van der Waals surface area (Å²) in [5.74, 6) is 2.06. The third kappa shape index (κ3) is 3.37. The van der Waals surface area contributed by atoms with E-state index in [1.807, 2.05) is 27.7 Å². The molecule has 88 valence electrons. The first-order valence-corrected chi connectivity index (χ1v) is 6.20. The Hall–Kier alpha value is -0.790. The Morgan fingerprint density at radius 1 is 1.07 bits per heavy atom. The van der Waals surface area contributed by atoms with Crippen LogP contribution < -0.4 is 0 Å². The first-order chi connectivity index (χ1) is 7.20. The van der Waals surface area contributed by atoms with Gasteiger partial charge in [0.25, 0.3) is 0 Å². The summed E-state index contributed by atoms with van der Waals surface area (Å²) in [6.07, 6.45) is 2.67. The molecule has 2 rings (SSSR count). The van der Waals surface area contributed by atoms with Gasteiger partial charge in [-0.3, -0.25) is 0 Å². The van der Waals surface area contributed by atoms with E-state index in [2.05, 4.69) is 30.4 Å². The molecule has 1 saturated carbocycles. The van der Waals surface area contributed by atoms with Crippen molar-refractivity contribution in [3.8, 4) is 0 Å². The maximum Gasteiger partial charge on any atom is 0.112 e. The van der Waals surface area contributed by atoms with E-state index >= 15 is 0 Å². The zero-order valence-corrected chi connectivity index (χ0v) is 11.4. The average Bonchev–Trinajstić information content (AvgIpc) is 3.09. The van der Waals surface area contributed by atoms with Crippen molar-refractivity contribution in [3.05, 3.63) is 17.2 Å². The van der Waals surface area contributed by atoms with E-state index in [9.17, 15) is 0 Å². The van der Waals surface area contributed by atoms with Crippen molar-refractivity contribution in [1.29, 1.82) is 0 Å². The molecular weight excluding hydrogens is 184 g/mol. The lowest BCUT2D eigenvalue weighted by Crippen LogP contribution is -1.96. The first kappa shape index (κ1) is 14.2. The molecule has 0 aromatic carbocycles. The van der Waals surface area contributed by atoms with Gasteiger partial charge in [-0.1, -0.05) is 27.7 Å². The third-order valence-corrected chi connectivity index (χ3v) is 2.60. The van der Waals surface area contributed by atoms with Gasteiger partial charge in [-0.05, 0) is 26.7 Å². The highest BCUT2D eigenvalue weighted by Crippen LogP contribution is 2.39. The van der Waals surface area contributed by atoms with Crippen LogP contribution in [0.3, 0.4) is 0 Å². The lowest BCUT2D eigenvalue weighted by Gasteiger charge is -1.99. The Bertz CT molecular complexity index is 283. The second-order valence-corrected chi connectivity index (χ2v) is 3.47. The van der Waals surface area contributed by atoms with Crippen LogP contribution in [0, 0.1) is 13.8 Å². The molecule has 0 bridgehead atoms. The number of imidazole rings is 1. The SMILES string of the molecule is CC.CC.Cc1nc(C2CC2)n(C)c1C. The Balaban J connectivity index is 0.000000442. The molecule has 0 spiro atoms. The fourth-order valence-corrected chi connectivity index (χ4v) is 1.45. The van der Waals surface area contributed by atoms with Gasteiger partial charge in [0.1, 0.15) is 5.82 Å². The van der Waals surface area contributed by atoms with E-state index < -0.39 is 0 Å². The first-order valence-electron chi connectivity index (χ1n) is 6.20. The van der Waals surface area contributed by atoms with Gasteiger partial charge in [0.05, 0.1) is 5.69 Å². The quantitative estimate of drug-likeness (QED) is 0.686. The minimum atomic E-state index is 0.771. The highest BCUT2D eigenvalue weighted by molar-refractivity contribution is 5.18. The summed E-state index contributed by atoms with van der Waals surface area (Å²) in [7, 11) is 2.11. The molecule has 2 heteroatoms. The monoisotopic (exact) mass is 210 g/mol. The van der Waals surface area contributed by atoms with Crippen LogP contribution in [0.2, 0.25) is 0 Å². The fraction of sp³-hybridized carbons (Fsp3) is 0.769. The number of rotatable bonds is 1. The standard InChI is InChI=1S/C9H14N2.2C2H6/c1-6-7(2)11(3)9(10-6)8-4-5-8;2*1-2/h8H,4-5H2,1-3H3;2*1-2H3. The predicted molar refractivity (Wildman–Crippen MR) is 67.4 cm³/mol. The van der Waals surface area contributed by atoms with Crippen LogP contribution in [-0.2, 0) is 7.05 Å². The summed E-state index contributed by atoms with van der Waals surface area (Å²) in [4.78, 5) is 4.53. The highest BCUT2D eigenvalue weighted by Gasteiger charge is 2.28. The minimum Gasteiger partial charge on any atom is -0.335 e. The van der Waals surface area contributed by atoms with E-state index in [4.69, 9.17) is 0 Å². The van der Waals surface area contributed by atoms with Crippen LogP contribution in [0.5, 0.6) is 0 Å². The lowest BCUT2D eigenvalue weighted by atomic mass is 10.4. The second kappa shape index (κ2) is 6.65. The van der Waals surface area contributed by atoms with Crippen molar-refractivity contribution >= 4 is 0 Å². The van der Waals surface area contributed by atoms with Crippen molar-refractivity contribution < 1.29 is 0 Å². The second-order valence-electron chi connectivity index (χ2n) is 3.47. The maximum absolute atomic E-state index is 4.53. The smallest absolute Gasteiger partial charge is 0.112 e.